The highest BCUT2D eigenvalue weighted by Gasteiger charge is 2.58. The Balaban J connectivity index is 2.42. The molecule has 0 aliphatic carbocycles. The van der Waals surface area contributed by atoms with Crippen LogP contribution < -0.4 is 11.5 Å². The summed E-state index contributed by atoms with van der Waals surface area (Å²) in [6, 6.07) is 9.61. The van der Waals surface area contributed by atoms with Crippen LogP contribution in [-0.4, -0.2) is 12.4 Å². The number of hydrogen-bond donors (Lipinski definition) is 2. The highest BCUT2D eigenvalue weighted by Crippen LogP contribution is 2.48. The van der Waals surface area contributed by atoms with E-state index < -0.39 is 29.5 Å². The molecule has 4 N–H and O–H groups in total. The van der Waals surface area contributed by atoms with Gasteiger partial charge in [0, 0.05) is 21.2 Å². The van der Waals surface area contributed by atoms with Crippen molar-refractivity contribution < 1.29 is 26.3 Å². The summed E-state index contributed by atoms with van der Waals surface area (Å²) in [7, 11) is 0. The number of alkyl halides is 6. The van der Waals surface area contributed by atoms with Gasteiger partial charge in [-0.1, -0.05) is 11.8 Å². The second kappa shape index (κ2) is 6.46. The molecule has 0 fully saturated rings. The summed E-state index contributed by atoms with van der Waals surface area (Å²) in [6.45, 7) is 0. The molecule has 0 aromatic heterocycles. The quantitative estimate of drug-likeness (QED) is 0.579. The maximum Gasteiger partial charge on any atom is 0.404 e. The minimum atomic E-state index is -5.49. The van der Waals surface area contributed by atoms with Gasteiger partial charge in [0.2, 0.25) is 0 Å². The van der Waals surface area contributed by atoms with Crippen molar-refractivity contribution in [3.05, 3.63) is 48.0 Å². The molecule has 2 aromatic rings. The van der Waals surface area contributed by atoms with Crippen molar-refractivity contribution >= 4 is 23.1 Å². The average Bonchev–Trinajstić information content (AvgIpc) is 2.42. The topological polar surface area (TPSA) is 52.0 Å². The number of halogens is 6. The van der Waals surface area contributed by atoms with Gasteiger partial charge in [-0.25, -0.2) is 0 Å². The molecule has 130 valence electrons. The van der Waals surface area contributed by atoms with Gasteiger partial charge in [0.1, 0.15) is 0 Å². The van der Waals surface area contributed by atoms with Crippen molar-refractivity contribution in [1.82, 2.24) is 0 Å². The smallest absolute Gasteiger partial charge is 0.399 e. The van der Waals surface area contributed by atoms with Crippen molar-refractivity contribution in [3.8, 4) is 0 Å². The van der Waals surface area contributed by atoms with Crippen LogP contribution in [0.5, 0.6) is 0 Å². The summed E-state index contributed by atoms with van der Waals surface area (Å²) in [5, 5.41) is 0. The largest absolute Gasteiger partial charge is 0.404 e. The molecule has 0 atom stereocenters. The third-order valence-electron chi connectivity index (χ3n) is 3.14. The Labute approximate surface area is 137 Å². The number of rotatable bonds is 3. The van der Waals surface area contributed by atoms with E-state index in [1.807, 2.05) is 0 Å². The SMILES string of the molecule is Nc1ccc(Sc2ccc(N)c(C(C(F)(F)F)C(F)(F)F)c2)cc1. The predicted molar refractivity (Wildman–Crippen MR) is 80.7 cm³/mol. The van der Waals surface area contributed by atoms with Gasteiger partial charge in [0.15, 0.2) is 5.92 Å². The van der Waals surface area contributed by atoms with Gasteiger partial charge in [-0.2, -0.15) is 26.3 Å². The average molecular weight is 366 g/mol. The van der Waals surface area contributed by atoms with E-state index in [9.17, 15) is 26.3 Å². The van der Waals surface area contributed by atoms with Gasteiger partial charge in [0.05, 0.1) is 0 Å². The lowest BCUT2D eigenvalue weighted by Gasteiger charge is -2.24. The standard InChI is InChI=1S/C15H12F6N2S/c16-14(17,18)13(15(19,20)21)11-7-10(5-6-12(11)23)24-9-3-1-8(22)2-4-9/h1-7,13H,22-23H2. The molecule has 0 spiro atoms. The first kappa shape index (κ1) is 18.3. The summed E-state index contributed by atoms with van der Waals surface area (Å²) in [6.07, 6.45) is -11.0. The van der Waals surface area contributed by atoms with E-state index in [-0.39, 0.29) is 4.90 Å². The second-order valence-corrected chi connectivity index (χ2v) is 6.12. The van der Waals surface area contributed by atoms with Gasteiger partial charge in [-0.3, -0.25) is 0 Å². The van der Waals surface area contributed by atoms with E-state index in [2.05, 4.69) is 0 Å². The normalized spacial score (nSPS) is 12.6. The van der Waals surface area contributed by atoms with E-state index in [1.54, 1.807) is 24.3 Å². The van der Waals surface area contributed by atoms with Gasteiger partial charge in [0.25, 0.3) is 0 Å². The van der Waals surface area contributed by atoms with Gasteiger partial charge < -0.3 is 11.5 Å². The van der Waals surface area contributed by atoms with Crippen molar-refractivity contribution in [2.45, 2.75) is 28.1 Å². The molecule has 24 heavy (non-hydrogen) atoms. The molecule has 0 aliphatic rings. The highest BCUT2D eigenvalue weighted by molar-refractivity contribution is 7.99. The zero-order valence-corrected chi connectivity index (χ0v) is 12.8. The van der Waals surface area contributed by atoms with Crippen molar-refractivity contribution in [2.24, 2.45) is 0 Å². The third-order valence-corrected chi connectivity index (χ3v) is 4.14. The molecule has 0 unspecified atom stereocenters. The molecular formula is C15H12F6N2S. The van der Waals surface area contributed by atoms with Crippen LogP contribution in [0.15, 0.2) is 52.3 Å². The maximum atomic E-state index is 12.9. The number of nitrogens with two attached hydrogens (primary N) is 2. The lowest BCUT2D eigenvalue weighted by molar-refractivity contribution is -0.253. The van der Waals surface area contributed by atoms with Crippen LogP contribution in [-0.2, 0) is 0 Å². The fraction of sp³-hybridized carbons (Fsp3) is 0.200. The predicted octanol–water partition coefficient (Wildman–Crippen LogP) is 5.21. The van der Waals surface area contributed by atoms with Crippen LogP contribution in [0.2, 0.25) is 0 Å². The van der Waals surface area contributed by atoms with Crippen LogP contribution in [0.25, 0.3) is 0 Å². The van der Waals surface area contributed by atoms with E-state index in [1.165, 1.54) is 6.07 Å². The fourth-order valence-electron chi connectivity index (χ4n) is 2.08. The van der Waals surface area contributed by atoms with E-state index >= 15 is 0 Å². The molecule has 2 rings (SSSR count). The summed E-state index contributed by atoms with van der Waals surface area (Å²) < 4.78 is 77.3. The first-order chi connectivity index (χ1) is 11.0. The van der Waals surface area contributed by atoms with Crippen LogP contribution >= 0.6 is 11.8 Å². The summed E-state index contributed by atoms with van der Waals surface area (Å²) in [5.74, 6) is -3.63. The number of nitrogen functional groups attached to an aromatic ring is 2. The van der Waals surface area contributed by atoms with Crippen molar-refractivity contribution in [3.63, 3.8) is 0 Å². The molecule has 0 heterocycles. The van der Waals surface area contributed by atoms with E-state index in [0.717, 1.165) is 23.9 Å². The zero-order chi connectivity index (χ0) is 18.1. The highest BCUT2D eigenvalue weighted by atomic mass is 32.2. The molecule has 0 bridgehead atoms. The second-order valence-electron chi connectivity index (χ2n) is 4.98. The minimum absolute atomic E-state index is 0.211. The molecule has 2 nitrogen and oxygen atoms in total. The van der Waals surface area contributed by atoms with Gasteiger partial charge in [-0.05, 0) is 48.0 Å². The summed E-state index contributed by atoms with van der Waals surface area (Å²) in [5.41, 5.74) is 9.82. The van der Waals surface area contributed by atoms with Crippen LogP contribution in [0.3, 0.4) is 0 Å². The summed E-state index contributed by atoms with van der Waals surface area (Å²) >= 11 is 1.01. The van der Waals surface area contributed by atoms with Crippen molar-refractivity contribution in [1.29, 1.82) is 0 Å². The van der Waals surface area contributed by atoms with Crippen LogP contribution in [0.4, 0.5) is 37.7 Å². The lowest BCUT2D eigenvalue weighted by atomic mass is 9.96. The van der Waals surface area contributed by atoms with E-state index in [4.69, 9.17) is 11.5 Å². The van der Waals surface area contributed by atoms with Crippen LogP contribution in [0, 0.1) is 0 Å². The summed E-state index contributed by atoms with van der Waals surface area (Å²) in [4.78, 5) is 0.831. The fourth-order valence-corrected chi connectivity index (χ4v) is 2.94. The number of anilines is 2. The Morgan fingerprint density at radius 1 is 0.750 bits per heavy atom. The Hall–Kier alpha value is -2.03. The number of hydrogen-bond acceptors (Lipinski definition) is 3. The maximum absolute atomic E-state index is 12.9. The third kappa shape index (κ3) is 4.28. The molecule has 0 saturated heterocycles. The van der Waals surface area contributed by atoms with Crippen molar-refractivity contribution in [2.75, 3.05) is 11.5 Å². The first-order valence-corrected chi connectivity index (χ1v) is 7.36. The first-order valence-electron chi connectivity index (χ1n) is 6.54. The van der Waals surface area contributed by atoms with Gasteiger partial charge in [-0.15, -0.1) is 0 Å². The monoisotopic (exact) mass is 366 g/mol. The minimum Gasteiger partial charge on any atom is -0.399 e. The Kier molecular flexibility index (Phi) is 4.93. The molecule has 9 heteroatoms. The molecule has 0 saturated carbocycles. The van der Waals surface area contributed by atoms with Crippen LogP contribution in [0.1, 0.15) is 11.5 Å². The molecule has 2 aromatic carbocycles. The number of benzene rings is 2. The molecular weight excluding hydrogens is 354 g/mol. The zero-order valence-electron chi connectivity index (χ0n) is 11.9. The lowest BCUT2D eigenvalue weighted by Crippen LogP contribution is -2.34. The van der Waals surface area contributed by atoms with Gasteiger partial charge >= 0.3 is 12.4 Å². The Bertz CT molecular complexity index is 695. The molecule has 0 radical (unpaired) electrons. The molecule has 0 aliphatic heterocycles. The van der Waals surface area contributed by atoms with E-state index in [0.29, 0.717) is 10.6 Å². The molecule has 0 amide bonds. The Morgan fingerprint density at radius 3 is 1.75 bits per heavy atom. The Morgan fingerprint density at radius 2 is 1.25 bits per heavy atom.